The van der Waals surface area contributed by atoms with Crippen molar-refractivity contribution < 1.29 is 14.3 Å². The zero-order valence-corrected chi connectivity index (χ0v) is 10.6. The molecule has 0 saturated heterocycles. The molecule has 5 nitrogen and oxygen atoms in total. The van der Waals surface area contributed by atoms with Crippen molar-refractivity contribution in [2.75, 3.05) is 6.61 Å². The number of amidine groups is 1. The molecule has 0 spiro atoms. The minimum Gasteiger partial charge on any atom is -0.460 e. The first-order valence-electron chi connectivity index (χ1n) is 5.05. The molecule has 0 aromatic heterocycles. The summed E-state index contributed by atoms with van der Waals surface area (Å²) in [5.41, 5.74) is 0.502. The fraction of sp³-hybridized carbons (Fsp3) is 0.273. The molecule has 0 aromatic carbocycles. The molecule has 1 aliphatic carbocycles. The average molecular weight is 297 g/mol. The number of allylic oxidation sites excluding steroid dienone is 3. The van der Waals surface area contributed by atoms with Gasteiger partial charge < -0.3 is 4.74 Å². The topological polar surface area (TPSA) is 68.1 Å². The molecule has 0 saturated carbocycles. The lowest BCUT2D eigenvalue weighted by Crippen LogP contribution is -2.31. The Morgan fingerprint density at radius 1 is 1.53 bits per heavy atom. The zero-order chi connectivity index (χ0) is 12.4. The number of esters is 1. The van der Waals surface area contributed by atoms with E-state index in [0.29, 0.717) is 5.71 Å². The molecule has 6 heteroatoms. The predicted octanol–water partition coefficient (Wildman–Crippen LogP) is 1.39. The monoisotopic (exact) mass is 296 g/mol. The van der Waals surface area contributed by atoms with E-state index in [9.17, 15) is 9.59 Å². The molecule has 2 rings (SSSR count). The van der Waals surface area contributed by atoms with Gasteiger partial charge in [0, 0.05) is 4.48 Å². The van der Waals surface area contributed by atoms with Crippen molar-refractivity contribution >= 4 is 39.4 Å². The van der Waals surface area contributed by atoms with E-state index >= 15 is 0 Å². The van der Waals surface area contributed by atoms with Gasteiger partial charge in [-0.2, -0.15) is 4.99 Å². The Kier molecular flexibility index (Phi) is 3.33. The Hall–Kier alpha value is -1.56. The number of rotatable bonds is 2. The Morgan fingerprint density at radius 2 is 2.29 bits per heavy atom. The summed E-state index contributed by atoms with van der Waals surface area (Å²) < 4.78 is 5.55. The van der Waals surface area contributed by atoms with Crippen molar-refractivity contribution in [1.29, 1.82) is 0 Å². The van der Waals surface area contributed by atoms with Gasteiger partial charge in [-0.1, -0.05) is 28.1 Å². The summed E-state index contributed by atoms with van der Waals surface area (Å²) in [4.78, 5) is 30.8. The van der Waals surface area contributed by atoms with E-state index in [0.717, 1.165) is 4.48 Å². The normalized spacial score (nSPS) is 22.4. The summed E-state index contributed by atoms with van der Waals surface area (Å²) in [6, 6.07) is 0. The summed E-state index contributed by atoms with van der Waals surface area (Å²) in [5.74, 6) is -1.75. The molecule has 0 bridgehead atoms. The summed E-state index contributed by atoms with van der Waals surface area (Å²) >= 11 is 3.28. The van der Waals surface area contributed by atoms with Crippen LogP contribution in [0.15, 0.2) is 32.7 Å². The van der Waals surface area contributed by atoms with E-state index < -0.39 is 17.8 Å². The van der Waals surface area contributed by atoms with Crippen molar-refractivity contribution in [2.45, 2.75) is 6.92 Å². The number of fused-ring (bicyclic) bond motifs is 1. The molecule has 1 atom stereocenters. The maximum absolute atomic E-state index is 11.7. The molecule has 1 amide bonds. The van der Waals surface area contributed by atoms with Crippen LogP contribution in [-0.2, 0) is 14.3 Å². The number of ether oxygens (including phenoxy) is 1. The van der Waals surface area contributed by atoms with Gasteiger partial charge in [0.1, 0.15) is 5.92 Å². The maximum Gasteiger partial charge on any atom is 0.376 e. The minimum atomic E-state index is -0.675. The molecule has 0 radical (unpaired) electrons. The lowest BCUT2D eigenvalue weighted by molar-refractivity contribution is -0.135. The van der Waals surface area contributed by atoms with Crippen LogP contribution in [0.3, 0.4) is 0 Å². The van der Waals surface area contributed by atoms with Crippen molar-refractivity contribution in [3.63, 3.8) is 0 Å². The Morgan fingerprint density at radius 3 is 3.00 bits per heavy atom. The Labute approximate surface area is 106 Å². The predicted molar refractivity (Wildman–Crippen MR) is 66.2 cm³/mol. The van der Waals surface area contributed by atoms with Gasteiger partial charge in [0.2, 0.25) is 5.84 Å². The van der Waals surface area contributed by atoms with Crippen LogP contribution in [0, 0.1) is 5.92 Å². The molecular weight excluding hydrogens is 288 g/mol. The fourth-order valence-corrected chi connectivity index (χ4v) is 1.87. The number of hydrogen-bond acceptors (Lipinski definition) is 4. The van der Waals surface area contributed by atoms with Gasteiger partial charge >= 0.3 is 5.97 Å². The number of carbonyl (C=O) groups excluding carboxylic acids is 2. The van der Waals surface area contributed by atoms with Crippen molar-refractivity contribution in [3.05, 3.63) is 22.7 Å². The number of aliphatic imine (C=N–C) groups is 2. The van der Waals surface area contributed by atoms with E-state index in [1.165, 1.54) is 0 Å². The van der Waals surface area contributed by atoms with E-state index in [1.54, 1.807) is 25.2 Å². The highest BCUT2D eigenvalue weighted by molar-refractivity contribution is 9.11. The second-order valence-corrected chi connectivity index (χ2v) is 4.31. The molecule has 1 unspecified atom stereocenters. The van der Waals surface area contributed by atoms with E-state index in [4.69, 9.17) is 4.74 Å². The number of amides is 1. The highest BCUT2D eigenvalue weighted by Gasteiger charge is 2.30. The summed E-state index contributed by atoms with van der Waals surface area (Å²) in [6.07, 6.45) is 5.14. The van der Waals surface area contributed by atoms with Crippen LogP contribution < -0.4 is 0 Å². The first-order valence-corrected chi connectivity index (χ1v) is 5.84. The second kappa shape index (κ2) is 4.75. The molecule has 0 fully saturated rings. The summed E-state index contributed by atoms with van der Waals surface area (Å²) in [5, 5.41) is 0. The Balaban J connectivity index is 2.32. The highest BCUT2D eigenvalue weighted by Crippen LogP contribution is 2.22. The fourth-order valence-electron chi connectivity index (χ4n) is 1.48. The lowest BCUT2D eigenvalue weighted by Gasteiger charge is -2.17. The third kappa shape index (κ3) is 2.41. The molecule has 17 heavy (non-hydrogen) atoms. The zero-order valence-electron chi connectivity index (χ0n) is 9.01. The molecule has 0 N–H and O–H groups in total. The first kappa shape index (κ1) is 11.9. The van der Waals surface area contributed by atoms with Gasteiger partial charge in [-0.25, -0.2) is 9.79 Å². The van der Waals surface area contributed by atoms with Gasteiger partial charge in [0.05, 0.1) is 12.3 Å². The third-order valence-corrected chi connectivity index (χ3v) is 2.72. The van der Waals surface area contributed by atoms with Crippen LogP contribution in [0.25, 0.3) is 0 Å². The molecule has 88 valence electrons. The van der Waals surface area contributed by atoms with Gasteiger partial charge in [-0.3, -0.25) is 4.79 Å². The van der Waals surface area contributed by atoms with Crippen molar-refractivity contribution in [1.82, 2.24) is 0 Å². The molecule has 1 heterocycles. The summed E-state index contributed by atoms with van der Waals surface area (Å²) in [6.45, 7) is 1.90. The van der Waals surface area contributed by atoms with Crippen LogP contribution in [0.1, 0.15) is 6.92 Å². The van der Waals surface area contributed by atoms with Crippen LogP contribution in [0.5, 0.6) is 0 Å². The molecule has 2 aliphatic rings. The standard InChI is InChI=1S/C11H9BrN2O3/c1-2-17-11(16)9-13-8-5-6(12)3-4-7(8)10(15)14-9/h3-5,7H,2H2,1H3. The number of hydrogen-bond donors (Lipinski definition) is 0. The van der Waals surface area contributed by atoms with Crippen LogP contribution >= 0.6 is 15.9 Å². The van der Waals surface area contributed by atoms with Crippen LogP contribution in [0.4, 0.5) is 0 Å². The average Bonchev–Trinajstić information content (AvgIpc) is 2.28. The van der Waals surface area contributed by atoms with Crippen LogP contribution in [0.2, 0.25) is 0 Å². The third-order valence-electron chi connectivity index (χ3n) is 2.23. The van der Waals surface area contributed by atoms with E-state index in [-0.39, 0.29) is 12.4 Å². The SMILES string of the molecule is CCOC(=O)C1=NC(=O)C2C=CC(Br)=CC2=N1. The van der Waals surface area contributed by atoms with E-state index in [1.807, 2.05) is 0 Å². The summed E-state index contributed by atoms with van der Waals surface area (Å²) in [7, 11) is 0. The molecule has 1 aliphatic heterocycles. The van der Waals surface area contributed by atoms with Gasteiger partial charge in [-0.15, -0.1) is 0 Å². The maximum atomic E-state index is 11.7. The minimum absolute atomic E-state index is 0.185. The Bertz CT molecular complexity index is 503. The number of nitrogens with zero attached hydrogens (tertiary/aromatic N) is 2. The molecular formula is C11H9BrN2O3. The van der Waals surface area contributed by atoms with Gasteiger partial charge in [0.15, 0.2) is 0 Å². The number of halogens is 1. The van der Waals surface area contributed by atoms with Gasteiger partial charge in [-0.05, 0) is 13.0 Å². The quantitative estimate of drug-likeness (QED) is 0.723. The lowest BCUT2D eigenvalue weighted by atomic mass is 9.96. The van der Waals surface area contributed by atoms with Gasteiger partial charge in [0.25, 0.3) is 5.91 Å². The molecule has 0 aromatic rings. The second-order valence-electron chi connectivity index (χ2n) is 3.40. The van der Waals surface area contributed by atoms with Crippen LogP contribution in [-0.4, -0.2) is 30.0 Å². The first-order chi connectivity index (χ1) is 8.11. The number of carbonyl (C=O) groups is 2. The van der Waals surface area contributed by atoms with E-state index in [2.05, 4.69) is 25.9 Å². The smallest absolute Gasteiger partial charge is 0.376 e. The largest absolute Gasteiger partial charge is 0.460 e. The highest BCUT2D eigenvalue weighted by atomic mass is 79.9. The van der Waals surface area contributed by atoms with Crippen molar-refractivity contribution in [3.8, 4) is 0 Å². The van der Waals surface area contributed by atoms with Crippen molar-refractivity contribution in [2.24, 2.45) is 15.9 Å².